The Labute approximate surface area is 160 Å². The van der Waals surface area contributed by atoms with Crippen molar-refractivity contribution in [1.82, 2.24) is 10.2 Å². The van der Waals surface area contributed by atoms with Crippen LogP contribution >= 0.6 is 11.6 Å². The second-order valence-corrected chi connectivity index (χ2v) is 7.18. The summed E-state index contributed by atoms with van der Waals surface area (Å²) in [5.41, 5.74) is 1.68. The summed E-state index contributed by atoms with van der Waals surface area (Å²) in [5.74, 6) is 1.44. The van der Waals surface area contributed by atoms with Crippen LogP contribution in [-0.2, 0) is 6.61 Å². The first-order chi connectivity index (χ1) is 12.7. The molecule has 0 aliphatic carbocycles. The maximum absolute atomic E-state index is 12.8. The summed E-state index contributed by atoms with van der Waals surface area (Å²) < 4.78 is 5.84. The number of carbonyl (C=O) groups is 1. The van der Waals surface area contributed by atoms with Gasteiger partial charge in [0.15, 0.2) is 0 Å². The lowest BCUT2D eigenvalue weighted by atomic mass is 9.96. The first-order valence-corrected chi connectivity index (χ1v) is 9.44. The maximum Gasteiger partial charge on any atom is 0.253 e. The fraction of sp³-hybridized carbons (Fsp3) is 0.381. The minimum atomic E-state index is 0.0844. The van der Waals surface area contributed by atoms with Crippen molar-refractivity contribution in [2.45, 2.75) is 19.4 Å². The third kappa shape index (κ3) is 4.99. The van der Waals surface area contributed by atoms with Crippen molar-refractivity contribution in [3.05, 3.63) is 64.7 Å². The molecule has 1 saturated heterocycles. The Kier molecular flexibility index (Phi) is 6.53. The average molecular weight is 373 g/mol. The monoisotopic (exact) mass is 372 g/mol. The van der Waals surface area contributed by atoms with Crippen molar-refractivity contribution in [2.75, 3.05) is 26.7 Å². The molecule has 0 radical (unpaired) electrons. The van der Waals surface area contributed by atoms with Crippen LogP contribution in [0, 0.1) is 5.92 Å². The van der Waals surface area contributed by atoms with Gasteiger partial charge in [-0.3, -0.25) is 4.79 Å². The lowest BCUT2D eigenvalue weighted by molar-refractivity contribution is 0.0690. The predicted molar refractivity (Wildman–Crippen MR) is 105 cm³/mol. The number of hydrogen-bond donors (Lipinski definition) is 1. The van der Waals surface area contributed by atoms with Crippen LogP contribution in [0.1, 0.15) is 28.8 Å². The molecule has 1 amide bonds. The second kappa shape index (κ2) is 9.06. The highest BCUT2D eigenvalue weighted by Gasteiger charge is 2.23. The fourth-order valence-corrected chi connectivity index (χ4v) is 3.54. The van der Waals surface area contributed by atoms with Crippen LogP contribution in [0.15, 0.2) is 48.5 Å². The molecule has 0 atom stereocenters. The van der Waals surface area contributed by atoms with Gasteiger partial charge >= 0.3 is 0 Å². The Bertz CT molecular complexity index is 742. The molecule has 2 aromatic rings. The average Bonchev–Trinajstić information content (AvgIpc) is 2.67. The first-order valence-electron chi connectivity index (χ1n) is 9.07. The second-order valence-electron chi connectivity index (χ2n) is 6.74. The molecule has 1 heterocycles. The molecule has 1 fully saturated rings. The highest BCUT2D eigenvalue weighted by atomic mass is 35.5. The third-order valence-corrected chi connectivity index (χ3v) is 5.01. The summed E-state index contributed by atoms with van der Waals surface area (Å²) in [4.78, 5) is 14.7. The van der Waals surface area contributed by atoms with Crippen molar-refractivity contribution in [3.63, 3.8) is 0 Å². The zero-order valence-electron chi connectivity index (χ0n) is 15.1. The molecule has 0 saturated carbocycles. The number of benzene rings is 2. The molecule has 5 heteroatoms. The lowest BCUT2D eigenvalue weighted by Gasteiger charge is -2.32. The van der Waals surface area contributed by atoms with E-state index in [-0.39, 0.29) is 5.91 Å². The van der Waals surface area contributed by atoms with Gasteiger partial charge in [-0.2, -0.15) is 0 Å². The van der Waals surface area contributed by atoms with Gasteiger partial charge in [0.1, 0.15) is 12.4 Å². The number of halogens is 1. The van der Waals surface area contributed by atoms with Gasteiger partial charge in [0, 0.05) is 23.7 Å². The fourth-order valence-electron chi connectivity index (χ4n) is 3.32. The number of ether oxygens (including phenoxy) is 1. The number of amides is 1. The van der Waals surface area contributed by atoms with E-state index in [1.165, 1.54) is 0 Å². The van der Waals surface area contributed by atoms with Gasteiger partial charge in [-0.15, -0.1) is 0 Å². The van der Waals surface area contributed by atoms with E-state index < -0.39 is 0 Å². The van der Waals surface area contributed by atoms with Gasteiger partial charge < -0.3 is 15.0 Å². The summed E-state index contributed by atoms with van der Waals surface area (Å²) in [5, 5.41) is 3.91. The molecule has 0 unspecified atom stereocenters. The minimum absolute atomic E-state index is 0.0844. The van der Waals surface area contributed by atoms with Gasteiger partial charge in [-0.05, 0) is 68.2 Å². The van der Waals surface area contributed by atoms with Crippen LogP contribution in [0.4, 0.5) is 0 Å². The molecule has 3 rings (SSSR count). The summed E-state index contributed by atoms with van der Waals surface area (Å²) >= 11 is 6.00. The maximum atomic E-state index is 12.8. The molecular formula is C21H25ClN2O2. The highest BCUT2D eigenvalue weighted by molar-refractivity contribution is 6.30. The van der Waals surface area contributed by atoms with Gasteiger partial charge in [0.2, 0.25) is 0 Å². The Hall–Kier alpha value is -2.04. The standard InChI is InChI=1S/C21H25ClN2O2/c1-23-14-16-8-10-24(11-9-16)21(25)18-5-3-7-20(13-18)26-15-17-4-2-6-19(22)12-17/h2-7,12-13,16,23H,8-11,14-15H2,1H3. The van der Waals surface area contributed by atoms with Crippen molar-refractivity contribution in [3.8, 4) is 5.75 Å². The molecule has 0 spiro atoms. The normalized spacial score (nSPS) is 15.1. The van der Waals surface area contributed by atoms with Gasteiger partial charge in [-0.1, -0.05) is 29.8 Å². The summed E-state index contributed by atoms with van der Waals surface area (Å²) in [7, 11) is 1.98. The van der Waals surface area contributed by atoms with E-state index in [9.17, 15) is 4.79 Å². The van der Waals surface area contributed by atoms with Crippen LogP contribution < -0.4 is 10.1 Å². The van der Waals surface area contributed by atoms with Crippen molar-refractivity contribution < 1.29 is 9.53 Å². The van der Waals surface area contributed by atoms with E-state index in [0.717, 1.165) is 38.0 Å². The van der Waals surface area contributed by atoms with Crippen molar-refractivity contribution in [2.24, 2.45) is 5.92 Å². The molecule has 0 aromatic heterocycles. The van der Waals surface area contributed by atoms with E-state index in [4.69, 9.17) is 16.3 Å². The molecule has 4 nitrogen and oxygen atoms in total. The number of hydrogen-bond acceptors (Lipinski definition) is 3. The Morgan fingerprint density at radius 3 is 2.69 bits per heavy atom. The van der Waals surface area contributed by atoms with Crippen LogP contribution in [0.25, 0.3) is 0 Å². The SMILES string of the molecule is CNCC1CCN(C(=O)c2cccc(OCc3cccc(Cl)c3)c2)CC1. The van der Waals surface area contributed by atoms with E-state index in [0.29, 0.717) is 28.9 Å². The largest absolute Gasteiger partial charge is 0.489 e. The van der Waals surface area contributed by atoms with E-state index >= 15 is 0 Å². The number of likely N-dealkylation sites (tertiary alicyclic amines) is 1. The topological polar surface area (TPSA) is 41.6 Å². The van der Waals surface area contributed by atoms with E-state index in [1.807, 2.05) is 60.5 Å². The zero-order chi connectivity index (χ0) is 18.4. The van der Waals surface area contributed by atoms with Crippen LogP contribution in [0.3, 0.4) is 0 Å². The molecular weight excluding hydrogens is 348 g/mol. The van der Waals surface area contributed by atoms with E-state index in [2.05, 4.69) is 5.32 Å². The quantitative estimate of drug-likeness (QED) is 0.833. The zero-order valence-corrected chi connectivity index (χ0v) is 15.8. The highest BCUT2D eigenvalue weighted by Crippen LogP contribution is 2.21. The first kappa shape index (κ1) is 18.7. The van der Waals surface area contributed by atoms with Crippen LogP contribution in [0.2, 0.25) is 5.02 Å². The molecule has 26 heavy (non-hydrogen) atoms. The van der Waals surface area contributed by atoms with Crippen molar-refractivity contribution in [1.29, 1.82) is 0 Å². The number of nitrogens with zero attached hydrogens (tertiary/aromatic N) is 1. The molecule has 1 aliphatic rings. The Morgan fingerprint density at radius 2 is 1.96 bits per heavy atom. The molecule has 138 valence electrons. The van der Waals surface area contributed by atoms with Crippen LogP contribution in [-0.4, -0.2) is 37.5 Å². The Balaban J connectivity index is 1.59. The van der Waals surface area contributed by atoms with Gasteiger partial charge in [-0.25, -0.2) is 0 Å². The smallest absolute Gasteiger partial charge is 0.253 e. The van der Waals surface area contributed by atoms with Crippen LogP contribution in [0.5, 0.6) is 5.75 Å². The Morgan fingerprint density at radius 1 is 1.19 bits per heavy atom. The molecule has 1 N–H and O–H groups in total. The van der Waals surface area contributed by atoms with Gasteiger partial charge in [0.05, 0.1) is 0 Å². The van der Waals surface area contributed by atoms with E-state index in [1.54, 1.807) is 0 Å². The summed E-state index contributed by atoms with van der Waals surface area (Å²) in [6.07, 6.45) is 2.11. The molecule has 1 aliphatic heterocycles. The summed E-state index contributed by atoms with van der Waals surface area (Å²) in [6.45, 7) is 3.08. The number of nitrogens with one attached hydrogen (secondary N) is 1. The summed E-state index contributed by atoms with van der Waals surface area (Å²) in [6, 6.07) is 15.0. The van der Waals surface area contributed by atoms with Crippen molar-refractivity contribution >= 4 is 17.5 Å². The minimum Gasteiger partial charge on any atom is -0.489 e. The number of rotatable bonds is 6. The van der Waals surface area contributed by atoms with Gasteiger partial charge in [0.25, 0.3) is 5.91 Å². The lowest BCUT2D eigenvalue weighted by Crippen LogP contribution is -2.40. The third-order valence-electron chi connectivity index (χ3n) is 4.77. The number of piperidine rings is 1. The number of carbonyl (C=O) groups excluding carboxylic acids is 1. The molecule has 2 aromatic carbocycles. The predicted octanol–water partition coefficient (Wildman–Crippen LogP) is 3.99. The molecule has 0 bridgehead atoms.